The van der Waals surface area contributed by atoms with E-state index in [0.29, 0.717) is 12.6 Å². The van der Waals surface area contributed by atoms with Crippen LogP contribution in [-0.2, 0) is 6.54 Å². The summed E-state index contributed by atoms with van der Waals surface area (Å²) in [6.07, 6.45) is 3.85. The Morgan fingerprint density at radius 3 is 2.82 bits per heavy atom. The molecule has 1 aliphatic rings. The van der Waals surface area contributed by atoms with E-state index in [4.69, 9.17) is 10.5 Å². The van der Waals surface area contributed by atoms with Crippen molar-refractivity contribution in [2.45, 2.75) is 45.8 Å². The predicted molar refractivity (Wildman–Crippen MR) is 68.7 cm³/mol. The first-order valence-corrected chi connectivity index (χ1v) is 6.51. The minimum atomic E-state index is 0.321. The SMILES string of the molecule is CC1CCC(Oc2cccc(CN)n2)CC1C. The van der Waals surface area contributed by atoms with Crippen LogP contribution in [0.1, 0.15) is 38.8 Å². The van der Waals surface area contributed by atoms with Crippen molar-refractivity contribution in [2.24, 2.45) is 17.6 Å². The molecule has 94 valence electrons. The fraction of sp³-hybridized carbons (Fsp3) is 0.643. The van der Waals surface area contributed by atoms with Crippen LogP contribution in [0.4, 0.5) is 0 Å². The summed E-state index contributed by atoms with van der Waals surface area (Å²) in [6, 6.07) is 5.81. The largest absolute Gasteiger partial charge is 0.474 e. The summed E-state index contributed by atoms with van der Waals surface area (Å²) >= 11 is 0. The quantitative estimate of drug-likeness (QED) is 0.874. The molecule has 3 atom stereocenters. The smallest absolute Gasteiger partial charge is 0.213 e. The van der Waals surface area contributed by atoms with Gasteiger partial charge in [-0.2, -0.15) is 0 Å². The van der Waals surface area contributed by atoms with Gasteiger partial charge in [-0.1, -0.05) is 19.9 Å². The van der Waals surface area contributed by atoms with Crippen molar-refractivity contribution >= 4 is 0 Å². The van der Waals surface area contributed by atoms with E-state index >= 15 is 0 Å². The molecule has 17 heavy (non-hydrogen) atoms. The standard InChI is InChI=1S/C14H22N2O/c1-10-6-7-13(8-11(10)2)17-14-5-3-4-12(9-15)16-14/h3-5,10-11,13H,6-9,15H2,1-2H3. The van der Waals surface area contributed by atoms with Crippen molar-refractivity contribution in [1.82, 2.24) is 4.98 Å². The third-order valence-corrected chi connectivity index (χ3v) is 3.83. The second-order valence-electron chi connectivity index (χ2n) is 5.18. The second-order valence-corrected chi connectivity index (χ2v) is 5.18. The van der Waals surface area contributed by atoms with E-state index in [0.717, 1.165) is 36.3 Å². The molecule has 1 heterocycles. The minimum absolute atomic E-state index is 0.321. The van der Waals surface area contributed by atoms with E-state index in [1.807, 2.05) is 18.2 Å². The molecule has 3 unspecified atom stereocenters. The van der Waals surface area contributed by atoms with Gasteiger partial charge in [-0.25, -0.2) is 4.98 Å². The number of nitrogens with two attached hydrogens (primary N) is 1. The number of rotatable bonds is 3. The third-order valence-electron chi connectivity index (χ3n) is 3.83. The van der Waals surface area contributed by atoms with Gasteiger partial charge in [-0.15, -0.1) is 0 Å². The van der Waals surface area contributed by atoms with Gasteiger partial charge in [0.2, 0.25) is 5.88 Å². The Morgan fingerprint density at radius 2 is 2.12 bits per heavy atom. The van der Waals surface area contributed by atoms with Crippen LogP contribution in [0.3, 0.4) is 0 Å². The lowest BCUT2D eigenvalue weighted by atomic mass is 9.80. The summed E-state index contributed by atoms with van der Waals surface area (Å²) in [4.78, 5) is 4.38. The van der Waals surface area contributed by atoms with Gasteiger partial charge >= 0.3 is 0 Å². The van der Waals surface area contributed by atoms with Gasteiger partial charge < -0.3 is 10.5 Å². The highest BCUT2D eigenvalue weighted by molar-refractivity contribution is 5.16. The molecule has 0 amide bonds. The zero-order valence-electron chi connectivity index (χ0n) is 10.7. The number of hydrogen-bond donors (Lipinski definition) is 1. The van der Waals surface area contributed by atoms with E-state index in [1.165, 1.54) is 6.42 Å². The molecular formula is C14H22N2O. The lowest BCUT2D eigenvalue weighted by molar-refractivity contribution is 0.0963. The van der Waals surface area contributed by atoms with Crippen molar-refractivity contribution in [2.75, 3.05) is 0 Å². The van der Waals surface area contributed by atoms with Crippen LogP contribution in [-0.4, -0.2) is 11.1 Å². The Balaban J connectivity index is 1.96. The van der Waals surface area contributed by atoms with Crippen LogP contribution < -0.4 is 10.5 Å². The molecule has 1 aromatic rings. The molecule has 3 nitrogen and oxygen atoms in total. The van der Waals surface area contributed by atoms with Crippen LogP contribution >= 0.6 is 0 Å². The van der Waals surface area contributed by atoms with Gasteiger partial charge in [-0.05, 0) is 37.2 Å². The molecule has 1 aliphatic carbocycles. The molecule has 0 radical (unpaired) electrons. The highest BCUT2D eigenvalue weighted by atomic mass is 16.5. The van der Waals surface area contributed by atoms with Gasteiger partial charge in [0.05, 0.1) is 5.69 Å². The van der Waals surface area contributed by atoms with E-state index in [9.17, 15) is 0 Å². The topological polar surface area (TPSA) is 48.1 Å². The van der Waals surface area contributed by atoms with Crippen LogP contribution in [0.25, 0.3) is 0 Å². The van der Waals surface area contributed by atoms with Gasteiger partial charge in [-0.3, -0.25) is 0 Å². The molecule has 0 aromatic carbocycles. The van der Waals surface area contributed by atoms with Crippen molar-refractivity contribution in [3.8, 4) is 5.88 Å². The summed E-state index contributed by atoms with van der Waals surface area (Å²) in [5.41, 5.74) is 6.46. The maximum absolute atomic E-state index is 5.95. The lowest BCUT2D eigenvalue weighted by Crippen LogP contribution is -2.29. The normalized spacial score (nSPS) is 29.0. The van der Waals surface area contributed by atoms with Crippen molar-refractivity contribution in [3.05, 3.63) is 23.9 Å². The molecule has 1 aromatic heterocycles. The number of pyridine rings is 1. The Morgan fingerprint density at radius 1 is 1.29 bits per heavy atom. The van der Waals surface area contributed by atoms with Crippen LogP contribution in [0.15, 0.2) is 18.2 Å². The van der Waals surface area contributed by atoms with Gasteiger partial charge in [0.25, 0.3) is 0 Å². The molecule has 2 N–H and O–H groups in total. The first-order valence-electron chi connectivity index (χ1n) is 6.51. The first-order chi connectivity index (χ1) is 8.19. The summed E-state index contributed by atoms with van der Waals surface area (Å²) in [5.74, 6) is 2.28. The Kier molecular flexibility index (Phi) is 4.00. The predicted octanol–water partition coefficient (Wildman–Crippen LogP) is 2.74. The molecule has 0 spiro atoms. The van der Waals surface area contributed by atoms with E-state index < -0.39 is 0 Å². The van der Waals surface area contributed by atoms with Crippen molar-refractivity contribution < 1.29 is 4.74 Å². The lowest BCUT2D eigenvalue weighted by Gasteiger charge is -2.31. The first kappa shape index (κ1) is 12.4. The molecular weight excluding hydrogens is 212 g/mol. The maximum atomic E-state index is 5.95. The van der Waals surface area contributed by atoms with Crippen LogP contribution in [0, 0.1) is 11.8 Å². The summed E-state index contributed by atoms with van der Waals surface area (Å²) in [7, 11) is 0. The molecule has 0 bridgehead atoms. The average molecular weight is 234 g/mol. The average Bonchev–Trinajstić information content (AvgIpc) is 2.34. The zero-order chi connectivity index (χ0) is 12.3. The molecule has 3 heteroatoms. The fourth-order valence-electron chi connectivity index (χ4n) is 2.41. The summed E-state index contributed by atoms with van der Waals surface area (Å²) in [6.45, 7) is 5.10. The summed E-state index contributed by atoms with van der Waals surface area (Å²) in [5, 5.41) is 0. The number of aromatic nitrogens is 1. The number of nitrogens with zero attached hydrogens (tertiary/aromatic N) is 1. The Bertz CT molecular complexity index is 367. The monoisotopic (exact) mass is 234 g/mol. The van der Waals surface area contributed by atoms with Crippen molar-refractivity contribution in [1.29, 1.82) is 0 Å². The van der Waals surface area contributed by atoms with E-state index in [2.05, 4.69) is 18.8 Å². The van der Waals surface area contributed by atoms with Crippen molar-refractivity contribution in [3.63, 3.8) is 0 Å². The van der Waals surface area contributed by atoms with Crippen LogP contribution in [0.5, 0.6) is 5.88 Å². The highest BCUT2D eigenvalue weighted by Gasteiger charge is 2.25. The van der Waals surface area contributed by atoms with E-state index in [1.54, 1.807) is 0 Å². The fourth-order valence-corrected chi connectivity index (χ4v) is 2.41. The Labute approximate surface area is 103 Å². The van der Waals surface area contributed by atoms with E-state index in [-0.39, 0.29) is 0 Å². The van der Waals surface area contributed by atoms with Gasteiger partial charge in [0.1, 0.15) is 6.10 Å². The Hall–Kier alpha value is -1.09. The number of hydrogen-bond acceptors (Lipinski definition) is 3. The molecule has 0 aliphatic heterocycles. The third kappa shape index (κ3) is 3.19. The zero-order valence-corrected chi connectivity index (χ0v) is 10.7. The maximum Gasteiger partial charge on any atom is 0.213 e. The number of ether oxygens (including phenoxy) is 1. The van der Waals surface area contributed by atoms with Gasteiger partial charge in [0.15, 0.2) is 0 Å². The second kappa shape index (κ2) is 5.50. The van der Waals surface area contributed by atoms with Crippen LogP contribution in [0.2, 0.25) is 0 Å². The summed E-state index contributed by atoms with van der Waals surface area (Å²) < 4.78 is 5.95. The molecule has 1 fully saturated rings. The molecule has 1 saturated carbocycles. The minimum Gasteiger partial charge on any atom is -0.474 e. The molecule has 2 rings (SSSR count). The highest BCUT2D eigenvalue weighted by Crippen LogP contribution is 2.31. The molecule has 0 saturated heterocycles. The van der Waals surface area contributed by atoms with Gasteiger partial charge in [0, 0.05) is 12.6 Å².